The summed E-state index contributed by atoms with van der Waals surface area (Å²) in [4.78, 5) is 24.5. The van der Waals surface area contributed by atoms with Gasteiger partial charge in [-0.3, -0.25) is 9.59 Å². The molecule has 0 bridgehead atoms. The fraction of sp³-hybridized carbons (Fsp3) is 0.286. The Bertz CT molecular complexity index is 786. The van der Waals surface area contributed by atoms with Crippen molar-refractivity contribution in [2.75, 3.05) is 26.4 Å². The largest absolute Gasteiger partial charge is 0.347 e. The van der Waals surface area contributed by atoms with Crippen LogP contribution in [0.2, 0.25) is 0 Å². The van der Waals surface area contributed by atoms with Crippen LogP contribution in [0.1, 0.15) is 0 Å². The van der Waals surface area contributed by atoms with Crippen LogP contribution in [0.15, 0.2) is 28.6 Å². The second-order valence-electron chi connectivity index (χ2n) is 4.88. The van der Waals surface area contributed by atoms with Gasteiger partial charge >= 0.3 is 0 Å². The molecule has 6 nitrogen and oxygen atoms in total. The minimum atomic E-state index is -0.334. The zero-order valence-electron chi connectivity index (χ0n) is 13.0. The van der Waals surface area contributed by atoms with Gasteiger partial charge in [-0.2, -0.15) is 0 Å². The first-order valence-corrected chi connectivity index (χ1v) is 9.03. The number of halogens is 1. The fourth-order valence-corrected chi connectivity index (χ4v) is 3.77. The number of nitrogens with one attached hydrogen (secondary N) is 1. The predicted octanol–water partition coefficient (Wildman–Crippen LogP) is 2.10. The number of rotatable bonds is 6. The highest BCUT2D eigenvalue weighted by Crippen LogP contribution is 2.23. The van der Waals surface area contributed by atoms with Gasteiger partial charge in [-0.25, -0.2) is 9.07 Å². The number of amides is 2. The van der Waals surface area contributed by atoms with Gasteiger partial charge < -0.3 is 10.2 Å². The van der Waals surface area contributed by atoms with Crippen LogP contribution in [-0.2, 0) is 9.59 Å². The van der Waals surface area contributed by atoms with Crippen molar-refractivity contribution in [3.05, 3.63) is 34.0 Å². The number of hydrogen-bond acceptors (Lipinski definition) is 6. The van der Waals surface area contributed by atoms with Gasteiger partial charge in [0.25, 0.3) is 0 Å². The third kappa shape index (κ3) is 5.11. The smallest absolute Gasteiger partial charge is 0.241 e. The first-order valence-electron chi connectivity index (χ1n) is 6.82. The van der Waals surface area contributed by atoms with Gasteiger partial charge in [0.15, 0.2) is 8.29 Å². The molecule has 2 aromatic rings. The number of nitrogens with zero attached hydrogens (tertiary/aromatic N) is 3. The number of aromatic nitrogens is 2. The summed E-state index contributed by atoms with van der Waals surface area (Å²) >= 11 is 7.74. The molecule has 0 unspecified atom stereocenters. The molecule has 128 valence electrons. The van der Waals surface area contributed by atoms with Crippen LogP contribution in [0, 0.1) is 9.77 Å². The molecule has 10 heteroatoms. The first kappa shape index (κ1) is 18.6. The number of likely N-dealkylation sites (N-methyl/N-ethyl adjacent to an activating group) is 1. The van der Waals surface area contributed by atoms with Crippen molar-refractivity contribution >= 4 is 47.1 Å². The van der Waals surface area contributed by atoms with Crippen LogP contribution in [0.5, 0.6) is 0 Å². The average Bonchev–Trinajstić information content (AvgIpc) is 2.92. The van der Waals surface area contributed by atoms with Crippen molar-refractivity contribution in [3.63, 3.8) is 0 Å². The predicted molar refractivity (Wildman–Crippen MR) is 94.7 cm³/mol. The molecule has 0 aliphatic rings. The topological polar surface area (TPSA) is 67.2 Å². The zero-order valence-corrected chi connectivity index (χ0v) is 15.4. The van der Waals surface area contributed by atoms with Gasteiger partial charge in [0.1, 0.15) is 5.82 Å². The number of carbonyl (C=O) groups is 2. The molecule has 0 atom stereocenters. The highest BCUT2D eigenvalue weighted by molar-refractivity contribution is 8.01. The molecule has 0 saturated carbocycles. The number of carbonyl (C=O) groups excluding carboxylic acids is 2. The van der Waals surface area contributed by atoms with Crippen molar-refractivity contribution in [1.29, 1.82) is 0 Å². The molecule has 1 aromatic carbocycles. The maximum absolute atomic E-state index is 13.0. The summed E-state index contributed by atoms with van der Waals surface area (Å²) in [6.45, 7) is -0.0356. The molecule has 1 aromatic heterocycles. The summed E-state index contributed by atoms with van der Waals surface area (Å²) < 4.78 is 15.6. The quantitative estimate of drug-likeness (QED) is 0.608. The summed E-state index contributed by atoms with van der Waals surface area (Å²) in [5, 5.41) is 6.87. The van der Waals surface area contributed by atoms with E-state index in [1.165, 1.54) is 44.8 Å². The molecular weight excluding hydrogens is 371 g/mol. The fourth-order valence-electron chi connectivity index (χ4n) is 1.58. The Kier molecular flexibility index (Phi) is 6.46. The molecule has 0 radical (unpaired) electrons. The Morgan fingerprint density at radius 3 is 2.67 bits per heavy atom. The Morgan fingerprint density at radius 1 is 1.38 bits per heavy atom. The van der Waals surface area contributed by atoms with Crippen LogP contribution >= 0.6 is 35.3 Å². The summed E-state index contributed by atoms with van der Waals surface area (Å²) in [5.74, 6) is -0.639. The van der Waals surface area contributed by atoms with Crippen molar-refractivity contribution in [2.24, 2.45) is 0 Å². The van der Waals surface area contributed by atoms with E-state index < -0.39 is 0 Å². The maximum Gasteiger partial charge on any atom is 0.241 e. The van der Waals surface area contributed by atoms with Gasteiger partial charge in [0, 0.05) is 14.1 Å². The molecule has 2 rings (SSSR count). The lowest BCUT2D eigenvalue weighted by Crippen LogP contribution is -2.36. The van der Waals surface area contributed by atoms with Crippen molar-refractivity contribution in [1.82, 2.24) is 20.0 Å². The van der Waals surface area contributed by atoms with Crippen molar-refractivity contribution < 1.29 is 14.0 Å². The number of benzene rings is 1. The Morgan fingerprint density at radius 2 is 2.04 bits per heavy atom. The molecule has 0 saturated heterocycles. The van der Waals surface area contributed by atoms with E-state index in [0.29, 0.717) is 14.0 Å². The van der Waals surface area contributed by atoms with E-state index in [9.17, 15) is 14.0 Å². The zero-order chi connectivity index (χ0) is 17.7. The number of thioether (sulfide) groups is 1. The van der Waals surface area contributed by atoms with E-state index in [1.807, 2.05) is 0 Å². The van der Waals surface area contributed by atoms with E-state index in [2.05, 4.69) is 10.4 Å². The van der Waals surface area contributed by atoms with Crippen molar-refractivity contribution in [3.8, 4) is 5.69 Å². The van der Waals surface area contributed by atoms with Crippen LogP contribution in [-0.4, -0.2) is 52.9 Å². The molecule has 0 fully saturated rings. The molecule has 0 aliphatic carbocycles. The molecule has 1 heterocycles. The maximum atomic E-state index is 13.0. The van der Waals surface area contributed by atoms with Gasteiger partial charge in [-0.1, -0.05) is 23.1 Å². The minimum Gasteiger partial charge on any atom is -0.347 e. The lowest BCUT2D eigenvalue weighted by atomic mass is 10.3. The molecule has 1 N–H and O–H groups in total. The average molecular weight is 386 g/mol. The molecule has 0 spiro atoms. The van der Waals surface area contributed by atoms with E-state index in [0.717, 1.165) is 0 Å². The van der Waals surface area contributed by atoms with E-state index in [4.69, 9.17) is 12.2 Å². The van der Waals surface area contributed by atoms with E-state index in [1.54, 1.807) is 26.2 Å². The van der Waals surface area contributed by atoms with Gasteiger partial charge in [-0.15, -0.1) is 5.10 Å². The first-order chi connectivity index (χ1) is 11.4. The summed E-state index contributed by atoms with van der Waals surface area (Å²) in [6, 6.07) is 5.83. The highest BCUT2D eigenvalue weighted by atomic mass is 32.2. The third-order valence-corrected chi connectivity index (χ3v) is 5.23. The Hall–Kier alpha value is -1.78. The SMILES string of the molecule is CN(C)C(=O)CNC(=O)CSc1nn(-c2ccc(F)cc2)c(=S)s1. The lowest BCUT2D eigenvalue weighted by Gasteiger charge is -2.10. The highest BCUT2D eigenvalue weighted by Gasteiger charge is 2.11. The second kappa shape index (κ2) is 8.36. The van der Waals surface area contributed by atoms with Gasteiger partial charge in [0.05, 0.1) is 18.0 Å². The summed E-state index contributed by atoms with van der Waals surface area (Å²) in [6.07, 6.45) is 0. The number of hydrogen-bond donors (Lipinski definition) is 1. The van der Waals surface area contributed by atoms with Gasteiger partial charge in [-0.05, 0) is 36.5 Å². The Balaban J connectivity index is 1.93. The van der Waals surface area contributed by atoms with E-state index >= 15 is 0 Å². The standard InChI is InChI=1S/C14H15FN4O2S3/c1-18(2)12(21)7-16-11(20)8-23-13-17-19(14(22)24-13)10-5-3-9(15)4-6-10/h3-6H,7-8H2,1-2H3,(H,16,20). The van der Waals surface area contributed by atoms with Crippen LogP contribution in [0.25, 0.3) is 5.69 Å². The molecule has 0 aliphatic heterocycles. The molecule has 24 heavy (non-hydrogen) atoms. The monoisotopic (exact) mass is 386 g/mol. The third-order valence-electron chi connectivity index (χ3n) is 2.86. The summed E-state index contributed by atoms with van der Waals surface area (Å²) in [5.41, 5.74) is 0.658. The lowest BCUT2D eigenvalue weighted by molar-refractivity contribution is -0.130. The van der Waals surface area contributed by atoms with Crippen LogP contribution in [0.4, 0.5) is 4.39 Å². The Labute approximate surface area is 151 Å². The summed E-state index contributed by atoms with van der Waals surface area (Å²) in [7, 11) is 3.25. The van der Waals surface area contributed by atoms with Crippen molar-refractivity contribution in [2.45, 2.75) is 4.34 Å². The normalized spacial score (nSPS) is 10.5. The van der Waals surface area contributed by atoms with E-state index in [-0.39, 0.29) is 29.9 Å². The van der Waals surface area contributed by atoms with Gasteiger partial charge in [0.2, 0.25) is 11.8 Å². The van der Waals surface area contributed by atoms with Crippen LogP contribution < -0.4 is 5.32 Å². The van der Waals surface area contributed by atoms with Crippen LogP contribution in [0.3, 0.4) is 0 Å². The molecular formula is C14H15FN4O2S3. The molecule has 2 amide bonds. The second-order valence-corrected chi connectivity index (χ2v) is 7.72. The minimum absolute atomic E-state index is 0.0356.